The van der Waals surface area contributed by atoms with Crippen molar-refractivity contribution in [3.05, 3.63) is 0 Å². The molecular formula is C17H30O2. The van der Waals surface area contributed by atoms with Crippen LogP contribution in [0.2, 0.25) is 0 Å². The summed E-state index contributed by atoms with van der Waals surface area (Å²) in [6.07, 6.45) is 10.8. The van der Waals surface area contributed by atoms with Gasteiger partial charge in [-0.15, -0.1) is 0 Å². The highest BCUT2D eigenvalue weighted by Gasteiger charge is 2.35. The maximum absolute atomic E-state index is 12.4. The van der Waals surface area contributed by atoms with Gasteiger partial charge in [0.25, 0.3) is 0 Å². The van der Waals surface area contributed by atoms with Crippen LogP contribution < -0.4 is 0 Å². The molecule has 3 unspecified atom stereocenters. The molecule has 0 spiro atoms. The van der Waals surface area contributed by atoms with Gasteiger partial charge >= 0.3 is 0 Å². The molecule has 0 heterocycles. The normalized spacial score (nSPS) is 31.8. The van der Waals surface area contributed by atoms with Crippen molar-refractivity contribution in [1.29, 1.82) is 0 Å². The number of hydrogen-bond donors (Lipinski definition) is 0. The quantitative estimate of drug-likeness (QED) is 0.738. The Kier molecular flexibility index (Phi) is 5.05. The number of ketones is 1. The van der Waals surface area contributed by atoms with Crippen LogP contribution in [0.25, 0.3) is 0 Å². The van der Waals surface area contributed by atoms with Gasteiger partial charge in [0.05, 0.1) is 5.60 Å². The molecule has 2 rings (SSSR count). The molecule has 0 amide bonds. The summed E-state index contributed by atoms with van der Waals surface area (Å²) in [6.45, 7) is 4.14. The number of carbonyl (C=O) groups is 1. The molecule has 0 aromatic carbocycles. The molecule has 0 saturated heterocycles. The van der Waals surface area contributed by atoms with E-state index in [0.29, 0.717) is 18.1 Å². The predicted octanol–water partition coefficient (Wildman–Crippen LogP) is 4.37. The lowest BCUT2D eigenvalue weighted by atomic mass is 9.66. The molecule has 0 aromatic rings. The van der Waals surface area contributed by atoms with Gasteiger partial charge in [-0.2, -0.15) is 0 Å². The number of fused-ring (bicyclic) bond motifs is 1. The monoisotopic (exact) mass is 266 g/mol. The van der Waals surface area contributed by atoms with Gasteiger partial charge in [0.1, 0.15) is 5.78 Å². The molecule has 2 aliphatic carbocycles. The molecule has 2 saturated carbocycles. The van der Waals surface area contributed by atoms with Gasteiger partial charge in [-0.1, -0.05) is 25.7 Å². The third kappa shape index (κ3) is 4.05. The van der Waals surface area contributed by atoms with Crippen molar-refractivity contribution in [3.63, 3.8) is 0 Å². The summed E-state index contributed by atoms with van der Waals surface area (Å²) in [4.78, 5) is 12.4. The zero-order valence-corrected chi connectivity index (χ0v) is 12.9. The van der Waals surface area contributed by atoms with E-state index >= 15 is 0 Å². The minimum Gasteiger partial charge on any atom is -0.379 e. The molecule has 2 nitrogen and oxygen atoms in total. The number of methoxy groups -OCH3 is 1. The molecule has 19 heavy (non-hydrogen) atoms. The Hall–Kier alpha value is -0.370. The maximum atomic E-state index is 12.4. The molecular weight excluding hydrogens is 236 g/mol. The SMILES string of the molecule is COC(C)(C)CCC(=O)C1CCC2CCCCC2C1. The first-order chi connectivity index (χ1) is 9.02. The van der Waals surface area contributed by atoms with E-state index in [-0.39, 0.29) is 5.60 Å². The lowest BCUT2D eigenvalue weighted by Crippen LogP contribution is -2.32. The van der Waals surface area contributed by atoms with Crippen LogP contribution in [0.15, 0.2) is 0 Å². The Morgan fingerprint density at radius 2 is 1.79 bits per heavy atom. The molecule has 0 bridgehead atoms. The van der Waals surface area contributed by atoms with Gasteiger partial charge in [0.2, 0.25) is 0 Å². The molecule has 0 N–H and O–H groups in total. The first kappa shape index (κ1) is 15.0. The third-order valence-corrected chi connectivity index (χ3v) is 5.52. The van der Waals surface area contributed by atoms with Crippen molar-refractivity contribution in [2.45, 2.75) is 77.2 Å². The number of ether oxygens (including phenoxy) is 1. The fourth-order valence-electron chi connectivity index (χ4n) is 3.90. The van der Waals surface area contributed by atoms with E-state index in [9.17, 15) is 4.79 Å². The number of hydrogen-bond acceptors (Lipinski definition) is 2. The topological polar surface area (TPSA) is 26.3 Å². The zero-order chi connectivity index (χ0) is 13.9. The van der Waals surface area contributed by atoms with E-state index in [1.54, 1.807) is 7.11 Å². The van der Waals surface area contributed by atoms with Crippen LogP contribution >= 0.6 is 0 Å². The maximum Gasteiger partial charge on any atom is 0.136 e. The lowest BCUT2D eigenvalue weighted by Gasteiger charge is -2.39. The van der Waals surface area contributed by atoms with Crippen LogP contribution in [-0.4, -0.2) is 18.5 Å². The summed E-state index contributed by atoms with van der Waals surface area (Å²) < 4.78 is 5.41. The molecule has 110 valence electrons. The summed E-state index contributed by atoms with van der Waals surface area (Å²) >= 11 is 0. The van der Waals surface area contributed by atoms with Gasteiger partial charge in [0.15, 0.2) is 0 Å². The Bertz CT molecular complexity index is 308. The molecule has 2 aliphatic rings. The van der Waals surface area contributed by atoms with E-state index in [2.05, 4.69) is 13.8 Å². The average Bonchev–Trinajstić information content (AvgIpc) is 2.44. The van der Waals surface area contributed by atoms with Crippen LogP contribution in [0.5, 0.6) is 0 Å². The average molecular weight is 266 g/mol. The van der Waals surface area contributed by atoms with Gasteiger partial charge in [-0.3, -0.25) is 4.79 Å². The summed E-state index contributed by atoms with van der Waals surface area (Å²) in [5.74, 6) is 2.64. The minimum absolute atomic E-state index is 0.155. The van der Waals surface area contributed by atoms with E-state index in [0.717, 1.165) is 24.7 Å². The Balaban J connectivity index is 1.80. The minimum atomic E-state index is -0.155. The van der Waals surface area contributed by atoms with Crippen molar-refractivity contribution in [2.75, 3.05) is 7.11 Å². The number of carbonyl (C=O) groups excluding carboxylic acids is 1. The smallest absolute Gasteiger partial charge is 0.136 e. The van der Waals surface area contributed by atoms with Gasteiger partial charge in [-0.05, 0) is 51.4 Å². The standard InChI is InChI=1S/C17H30O2/c1-17(2,19-3)11-10-16(18)15-9-8-13-6-4-5-7-14(13)12-15/h13-15H,4-12H2,1-3H3. The van der Waals surface area contributed by atoms with Gasteiger partial charge < -0.3 is 4.74 Å². The Morgan fingerprint density at radius 3 is 2.47 bits per heavy atom. The number of Topliss-reactive ketones (excluding diaryl/α,β-unsaturated/α-hetero) is 1. The second-order valence-corrected chi connectivity index (χ2v) is 7.24. The van der Waals surface area contributed by atoms with Crippen molar-refractivity contribution in [2.24, 2.45) is 17.8 Å². The first-order valence-corrected chi connectivity index (χ1v) is 8.10. The molecule has 2 heteroatoms. The van der Waals surface area contributed by atoms with Gasteiger partial charge in [0, 0.05) is 19.4 Å². The summed E-state index contributed by atoms with van der Waals surface area (Å²) in [5, 5.41) is 0. The van der Waals surface area contributed by atoms with E-state index in [1.165, 1.54) is 38.5 Å². The van der Waals surface area contributed by atoms with Crippen LogP contribution in [0, 0.1) is 17.8 Å². The molecule has 3 atom stereocenters. The van der Waals surface area contributed by atoms with Crippen molar-refractivity contribution < 1.29 is 9.53 Å². The summed E-state index contributed by atoms with van der Waals surface area (Å²) in [5.41, 5.74) is -0.155. The van der Waals surface area contributed by atoms with E-state index in [4.69, 9.17) is 4.74 Å². The molecule has 2 fully saturated rings. The highest BCUT2D eigenvalue weighted by atomic mass is 16.5. The van der Waals surface area contributed by atoms with Crippen LogP contribution in [0.3, 0.4) is 0 Å². The van der Waals surface area contributed by atoms with Gasteiger partial charge in [-0.25, -0.2) is 0 Å². The highest BCUT2D eigenvalue weighted by molar-refractivity contribution is 5.81. The second kappa shape index (κ2) is 6.39. The van der Waals surface area contributed by atoms with Crippen LogP contribution in [-0.2, 0) is 9.53 Å². The Morgan fingerprint density at radius 1 is 1.11 bits per heavy atom. The molecule has 0 aliphatic heterocycles. The Labute approximate surface area is 118 Å². The lowest BCUT2D eigenvalue weighted by molar-refractivity contribution is -0.126. The summed E-state index contributed by atoms with van der Waals surface area (Å²) in [7, 11) is 1.73. The van der Waals surface area contributed by atoms with Crippen LogP contribution in [0.1, 0.15) is 71.6 Å². The second-order valence-electron chi connectivity index (χ2n) is 7.24. The fourth-order valence-corrected chi connectivity index (χ4v) is 3.90. The first-order valence-electron chi connectivity index (χ1n) is 8.10. The predicted molar refractivity (Wildman–Crippen MR) is 78.1 cm³/mol. The number of rotatable bonds is 5. The van der Waals surface area contributed by atoms with Crippen molar-refractivity contribution >= 4 is 5.78 Å². The van der Waals surface area contributed by atoms with E-state index in [1.807, 2.05) is 0 Å². The van der Waals surface area contributed by atoms with Crippen LogP contribution in [0.4, 0.5) is 0 Å². The molecule has 0 aromatic heterocycles. The van der Waals surface area contributed by atoms with E-state index < -0.39 is 0 Å². The molecule has 0 radical (unpaired) electrons. The zero-order valence-electron chi connectivity index (χ0n) is 12.9. The van der Waals surface area contributed by atoms with Crippen molar-refractivity contribution in [3.8, 4) is 0 Å². The fraction of sp³-hybridized carbons (Fsp3) is 0.941. The largest absolute Gasteiger partial charge is 0.379 e. The highest BCUT2D eigenvalue weighted by Crippen LogP contribution is 2.43. The summed E-state index contributed by atoms with van der Waals surface area (Å²) in [6, 6.07) is 0. The van der Waals surface area contributed by atoms with Crippen molar-refractivity contribution in [1.82, 2.24) is 0 Å². The third-order valence-electron chi connectivity index (χ3n) is 5.52.